The van der Waals surface area contributed by atoms with E-state index in [0.717, 1.165) is 20.2 Å². The van der Waals surface area contributed by atoms with Gasteiger partial charge in [-0.2, -0.15) is 5.26 Å². The smallest absolute Gasteiger partial charge is 0.125 e. The minimum atomic E-state index is 0.631. The maximum absolute atomic E-state index is 8.72. The Labute approximate surface area is 99.2 Å². The maximum atomic E-state index is 8.72. The molecule has 0 heterocycles. The van der Waals surface area contributed by atoms with Crippen molar-refractivity contribution in [2.45, 2.75) is 5.33 Å². The zero-order chi connectivity index (χ0) is 9.84. The van der Waals surface area contributed by atoms with Crippen molar-refractivity contribution in [1.82, 2.24) is 0 Å². The number of halogens is 2. The third kappa shape index (κ3) is 2.35. The number of hydrogen-bond acceptors (Lipinski definition) is 2. The lowest BCUT2D eigenvalue weighted by Crippen LogP contribution is -1.93. The highest BCUT2D eigenvalue weighted by molar-refractivity contribution is 14.1. The molecular weight excluding hydrogens is 345 g/mol. The minimum Gasteiger partial charge on any atom is -0.496 e. The first-order chi connectivity index (χ1) is 6.22. The van der Waals surface area contributed by atoms with Crippen molar-refractivity contribution >= 4 is 38.5 Å². The Hall–Kier alpha value is -0.280. The topological polar surface area (TPSA) is 33.0 Å². The van der Waals surface area contributed by atoms with Crippen molar-refractivity contribution in [2.75, 3.05) is 7.11 Å². The third-order valence-electron chi connectivity index (χ3n) is 1.64. The van der Waals surface area contributed by atoms with E-state index in [4.69, 9.17) is 10.00 Å². The van der Waals surface area contributed by atoms with Crippen LogP contribution in [0.25, 0.3) is 0 Å². The lowest BCUT2D eigenvalue weighted by Gasteiger charge is -2.08. The Morgan fingerprint density at radius 2 is 2.31 bits per heavy atom. The molecule has 0 aliphatic heterocycles. The van der Waals surface area contributed by atoms with Gasteiger partial charge in [-0.3, -0.25) is 0 Å². The summed E-state index contributed by atoms with van der Waals surface area (Å²) >= 11 is 5.58. The summed E-state index contributed by atoms with van der Waals surface area (Å²) < 4.78 is 6.22. The lowest BCUT2D eigenvalue weighted by molar-refractivity contribution is 0.411. The number of hydrogen-bond donors (Lipinski definition) is 0. The number of methoxy groups -OCH3 is 1. The number of rotatable bonds is 2. The van der Waals surface area contributed by atoms with Crippen LogP contribution in [0.5, 0.6) is 5.75 Å². The van der Waals surface area contributed by atoms with E-state index in [1.807, 2.05) is 6.07 Å². The molecule has 1 aromatic carbocycles. The highest BCUT2D eigenvalue weighted by Gasteiger charge is 2.08. The second kappa shape index (κ2) is 4.82. The lowest BCUT2D eigenvalue weighted by atomic mass is 10.1. The van der Waals surface area contributed by atoms with E-state index in [1.54, 1.807) is 13.2 Å². The van der Waals surface area contributed by atoms with Crippen molar-refractivity contribution in [3.63, 3.8) is 0 Å². The predicted octanol–water partition coefficient (Wildman–Crippen LogP) is 3.07. The zero-order valence-electron chi connectivity index (χ0n) is 6.97. The average molecular weight is 352 g/mol. The molecule has 0 N–H and O–H groups in total. The summed E-state index contributed by atoms with van der Waals surface area (Å²) in [4.78, 5) is 0. The fourth-order valence-electron chi connectivity index (χ4n) is 0.988. The van der Waals surface area contributed by atoms with Crippen molar-refractivity contribution in [3.8, 4) is 11.8 Å². The van der Waals surface area contributed by atoms with Crippen LogP contribution < -0.4 is 4.74 Å². The number of nitriles is 1. The molecule has 0 fully saturated rings. The first-order valence-corrected chi connectivity index (χ1v) is 5.75. The van der Waals surface area contributed by atoms with Gasteiger partial charge in [-0.15, -0.1) is 0 Å². The molecule has 0 radical (unpaired) electrons. The average Bonchev–Trinajstić information content (AvgIpc) is 2.16. The van der Waals surface area contributed by atoms with Gasteiger partial charge in [0.2, 0.25) is 0 Å². The summed E-state index contributed by atoms with van der Waals surface area (Å²) in [5.74, 6) is 0.764. The van der Waals surface area contributed by atoms with Gasteiger partial charge in [0.05, 0.1) is 18.7 Å². The van der Waals surface area contributed by atoms with Crippen LogP contribution in [0.15, 0.2) is 12.1 Å². The van der Waals surface area contributed by atoms with Crippen LogP contribution in [0.4, 0.5) is 0 Å². The predicted molar refractivity (Wildman–Crippen MR) is 63.1 cm³/mol. The summed E-state index contributed by atoms with van der Waals surface area (Å²) in [5, 5.41) is 9.46. The van der Waals surface area contributed by atoms with Crippen LogP contribution in [0.1, 0.15) is 11.1 Å². The van der Waals surface area contributed by atoms with E-state index in [-0.39, 0.29) is 0 Å². The summed E-state index contributed by atoms with van der Waals surface area (Å²) in [6, 6.07) is 5.69. The van der Waals surface area contributed by atoms with Crippen molar-refractivity contribution in [3.05, 3.63) is 26.8 Å². The van der Waals surface area contributed by atoms with Gasteiger partial charge < -0.3 is 4.74 Å². The molecule has 0 bridgehead atoms. The van der Waals surface area contributed by atoms with Gasteiger partial charge >= 0.3 is 0 Å². The van der Waals surface area contributed by atoms with Crippen molar-refractivity contribution in [2.24, 2.45) is 0 Å². The van der Waals surface area contributed by atoms with Gasteiger partial charge in [0, 0.05) is 14.5 Å². The van der Waals surface area contributed by atoms with E-state index in [1.165, 1.54) is 0 Å². The summed E-state index contributed by atoms with van der Waals surface area (Å²) in [5.41, 5.74) is 1.72. The second-order valence-electron chi connectivity index (χ2n) is 2.38. The maximum Gasteiger partial charge on any atom is 0.125 e. The Morgan fingerprint density at radius 1 is 1.62 bits per heavy atom. The SMILES string of the molecule is COc1cc(C#N)cc(I)c1CBr. The number of benzene rings is 1. The molecule has 68 valence electrons. The van der Waals surface area contributed by atoms with Gasteiger partial charge in [0.25, 0.3) is 0 Å². The molecule has 0 aliphatic rings. The molecule has 0 unspecified atom stereocenters. The van der Waals surface area contributed by atoms with E-state index in [9.17, 15) is 0 Å². The molecule has 0 aromatic heterocycles. The first kappa shape index (κ1) is 10.8. The van der Waals surface area contributed by atoms with Crippen LogP contribution in [-0.2, 0) is 5.33 Å². The molecule has 0 saturated heterocycles. The monoisotopic (exact) mass is 351 g/mol. The molecule has 4 heteroatoms. The highest BCUT2D eigenvalue weighted by Crippen LogP contribution is 2.27. The van der Waals surface area contributed by atoms with Crippen molar-refractivity contribution in [1.29, 1.82) is 5.26 Å². The van der Waals surface area contributed by atoms with E-state index in [0.29, 0.717) is 5.56 Å². The highest BCUT2D eigenvalue weighted by atomic mass is 127. The quantitative estimate of drug-likeness (QED) is 0.606. The summed E-state index contributed by atoms with van der Waals surface area (Å²) in [6.45, 7) is 0. The number of alkyl halides is 1. The van der Waals surface area contributed by atoms with Gasteiger partial charge in [-0.1, -0.05) is 15.9 Å². The fourth-order valence-corrected chi connectivity index (χ4v) is 2.88. The molecule has 0 atom stereocenters. The number of ether oxygens (including phenoxy) is 1. The molecule has 1 aromatic rings. The summed E-state index contributed by atoms with van der Waals surface area (Å²) in [7, 11) is 1.61. The van der Waals surface area contributed by atoms with E-state index >= 15 is 0 Å². The molecule has 0 aliphatic carbocycles. The Kier molecular flexibility index (Phi) is 4.00. The molecule has 13 heavy (non-hydrogen) atoms. The van der Waals surface area contributed by atoms with Gasteiger partial charge in [0.15, 0.2) is 0 Å². The number of nitrogens with zero attached hydrogens (tertiary/aromatic N) is 1. The molecule has 2 nitrogen and oxygen atoms in total. The van der Waals surface area contributed by atoms with Crippen molar-refractivity contribution < 1.29 is 4.74 Å². The fraction of sp³-hybridized carbons (Fsp3) is 0.222. The van der Waals surface area contributed by atoms with Gasteiger partial charge in [-0.25, -0.2) is 0 Å². The van der Waals surface area contributed by atoms with Crippen LogP contribution in [0.2, 0.25) is 0 Å². The van der Waals surface area contributed by atoms with E-state index < -0.39 is 0 Å². The van der Waals surface area contributed by atoms with Crippen LogP contribution in [0, 0.1) is 14.9 Å². The first-order valence-electron chi connectivity index (χ1n) is 3.55. The largest absolute Gasteiger partial charge is 0.496 e. The molecule has 1 rings (SSSR count). The minimum absolute atomic E-state index is 0.631. The van der Waals surface area contributed by atoms with Crippen LogP contribution >= 0.6 is 38.5 Å². The van der Waals surface area contributed by atoms with Crippen LogP contribution in [-0.4, -0.2) is 7.11 Å². The second-order valence-corrected chi connectivity index (χ2v) is 4.11. The normalized spacial score (nSPS) is 9.38. The Balaban J connectivity index is 3.31. The van der Waals surface area contributed by atoms with Gasteiger partial charge in [0.1, 0.15) is 5.75 Å². The zero-order valence-corrected chi connectivity index (χ0v) is 10.7. The Bertz CT molecular complexity index is 359. The van der Waals surface area contributed by atoms with E-state index in [2.05, 4.69) is 44.6 Å². The molecule has 0 amide bonds. The van der Waals surface area contributed by atoms with Crippen LogP contribution in [0.3, 0.4) is 0 Å². The molecule has 0 saturated carbocycles. The standard InChI is InChI=1S/C9H7BrINO/c1-13-9-3-6(5-12)2-8(11)7(9)4-10/h2-3H,4H2,1H3. The molecule has 0 spiro atoms. The Morgan fingerprint density at radius 3 is 2.77 bits per heavy atom. The van der Waals surface area contributed by atoms with Gasteiger partial charge in [-0.05, 0) is 34.7 Å². The molecular formula is C9H7BrINO. The third-order valence-corrected chi connectivity index (χ3v) is 3.16. The summed E-state index contributed by atoms with van der Waals surface area (Å²) in [6.07, 6.45) is 0.